The Kier molecular flexibility index (Phi) is 8.00. The van der Waals surface area contributed by atoms with Crippen molar-refractivity contribution >= 4 is 11.8 Å². The number of ether oxygens (including phenoxy) is 3. The lowest BCUT2D eigenvalue weighted by Gasteiger charge is -2.27. The number of carbonyl (C=O) groups excluding carboxylic acids is 2. The van der Waals surface area contributed by atoms with E-state index in [9.17, 15) is 14.7 Å². The van der Waals surface area contributed by atoms with Gasteiger partial charge in [0.1, 0.15) is 24.4 Å². The highest BCUT2D eigenvalue weighted by molar-refractivity contribution is 5.89. The first-order valence-electron chi connectivity index (χ1n) is 9.97. The van der Waals surface area contributed by atoms with E-state index in [4.69, 9.17) is 14.2 Å². The van der Waals surface area contributed by atoms with Crippen LogP contribution in [0.25, 0.3) is 0 Å². The van der Waals surface area contributed by atoms with Crippen molar-refractivity contribution < 1.29 is 28.9 Å². The molecule has 2 aliphatic rings. The zero-order valence-electron chi connectivity index (χ0n) is 17.4. The molecule has 2 rings (SSSR count). The van der Waals surface area contributed by atoms with Crippen LogP contribution < -0.4 is 10.6 Å². The summed E-state index contributed by atoms with van der Waals surface area (Å²) in [7, 11) is 1.40. The fraction of sp³-hybridized carbons (Fsp3) is 0.800. The molecular formula is C20H34N2O6. The van der Waals surface area contributed by atoms with Crippen LogP contribution in [-0.4, -0.2) is 66.8 Å². The molecule has 28 heavy (non-hydrogen) atoms. The zero-order valence-corrected chi connectivity index (χ0v) is 17.4. The summed E-state index contributed by atoms with van der Waals surface area (Å²) < 4.78 is 17.2. The second-order valence-corrected chi connectivity index (χ2v) is 8.19. The third kappa shape index (κ3) is 6.01. The van der Waals surface area contributed by atoms with Crippen LogP contribution in [0.1, 0.15) is 47.0 Å². The number of nitrogens with one attached hydrogen (secondary N) is 2. The summed E-state index contributed by atoms with van der Waals surface area (Å²) in [5.74, 6) is -1.36. The number of hydrogen-bond acceptors (Lipinski definition) is 6. The lowest BCUT2D eigenvalue weighted by Crippen LogP contribution is -2.54. The molecule has 2 fully saturated rings. The maximum Gasteiger partial charge on any atom is 0.252 e. The third-order valence-corrected chi connectivity index (χ3v) is 4.86. The summed E-state index contributed by atoms with van der Waals surface area (Å²) in [6.45, 7) is 8.06. The molecule has 0 aromatic carbocycles. The Hall–Kier alpha value is -1.48. The molecule has 2 amide bonds. The van der Waals surface area contributed by atoms with Gasteiger partial charge in [0, 0.05) is 13.7 Å². The molecule has 2 aliphatic heterocycles. The van der Waals surface area contributed by atoms with Crippen LogP contribution >= 0.6 is 0 Å². The van der Waals surface area contributed by atoms with E-state index in [0.717, 1.165) is 12.8 Å². The lowest BCUT2D eigenvalue weighted by atomic mass is 10.0. The first-order chi connectivity index (χ1) is 13.1. The Morgan fingerprint density at radius 2 is 1.96 bits per heavy atom. The summed E-state index contributed by atoms with van der Waals surface area (Å²) in [6.07, 6.45) is 2.25. The SMILES string of the molecule is CO[C@@H](C(=O)N[C@H]1CCCCNC1=O)[C@H]1OC(C)(C)O[C@@H]1[C@H](O)/C=C/C(C)C. The fourth-order valence-corrected chi connectivity index (χ4v) is 3.48. The number of hydrogen-bond donors (Lipinski definition) is 3. The predicted octanol–water partition coefficient (Wildman–Crippen LogP) is 0.880. The Labute approximate surface area is 167 Å². The van der Waals surface area contributed by atoms with Crippen LogP contribution in [0.2, 0.25) is 0 Å². The van der Waals surface area contributed by atoms with Crippen molar-refractivity contribution in [2.24, 2.45) is 5.92 Å². The van der Waals surface area contributed by atoms with Crippen molar-refractivity contribution in [3.63, 3.8) is 0 Å². The van der Waals surface area contributed by atoms with Gasteiger partial charge in [-0.05, 0) is 39.0 Å². The zero-order chi connectivity index (χ0) is 20.9. The van der Waals surface area contributed by atoms with Crippen molar-refractivity contribution in [1.82, 2.24) is 10.6 Å². The fourth-order valence-electron chi connectivity index (χ4n) is 3.48. The van der Waals surface area contributed by atoms with Gasteiger partial charge < -0.3 is 30.0 Å². The second kappa shape index (κ2) is 9.82. The summed E-state index contributed by atoms with van der Waals surface area (Å²) >= 11 is 0. The van der Waals surface area contributed by atoms with Gasteiger partial charge in [-0.2, -0.15) is 0 Å². The minimum Gasteiger partial charge on any atom is -0.386 e. The van der Waals surface area contributed by atoms with E-state index in [1.54, 1.807) is 19.9 Å². The van der Waals surface area contributed by atoms with E-state index in [1.165, 1.54) is 7.11 Å². The molecule has 8 nitrogen and oxygen atoms in total. The largest absolute Gasteiger partial charge is 0.386 e. The normalized spacial score (nSPS) is 30.1. The van der Waals surface area contributed by atoms with E-state index in [1.807, 2.05) is 19.9 Å². The maximum absolute atomic E-state index is 12.9. The van der Waals surface area contributed by atoms with Crippen molar-refractivity contribution in [1.29, 1.82) is 0 Å². The standard InChI is InChI=1S/C20H34N2O6/c1-12(2)9-10-14(23)15-16(28-20(3,4)27-15)17(26-5)19(25)22-13-8-6-7-11-21-18(13)24/h9-10,12-17,23H,6-8,11H2,1-5H3,(H,21,24)(H,22,25)/b10-9+/t13-,14+,15+,16-,17+/m0/s1. The molecule has 0 saturated carbocycles. The monoisotopic (exact) mass is 398 g/mol. The van der Waals surface area contributed by atoms with Gasteiger partial charge in [-0.3, -0.25) is 9.59 Å². The Bertz CT molecular complexity index is 577. The van der Waals surface area contributed by atoms with Gasteiger partial charge in [0.2, 0.25) is 5.91 Å². The minimum absolute atomic E-state index is 0.193. The molecule has 8 heteroatoms. The van der Waals surface area contributed by atoms with Gasteiger partial charge >= 0.3 is 0 Å². The first-order valence-corrected chi connectivity index (χ1v) is 9.97. The highest BCUT2D eigenvalue weighted by atomic mass is 16.8. The summed E-state index contributed by atoms with van der Waals surface area (Å²) in [6, 6.07) is -0.604. The molecule has 3 N–H and O–H groups in total. The molecule has 2 saturated heterocycles. The average molecular weight is 399 g/mol. The van der Waals surface area contributed by atoms with Crippen LogP contribution in [-0.2, 0) is 23.8 Å². The number of methoxy groups -OCH3 is 1. The van der Waals surface area contributed by atoms with Crippen LogP contribution in [0.3, 0.4) is 0 Å². The Morgan fingerprint density at radius 3 is 2.61 bits per heavy atom. The third-order valence-electron chi connectivity index (χ3n) is 4.86. The smallest absolute Gasteiger partial charge is 0.252 e. The van der Waals surface area contributed by atoms with Crippen molar-refractivity contribution in [3.05, 3.63) is 12.2 Å². The molecule has 0 radical (unpaired) electrons. The minimum atomic E-state index is -1.02. The van der Waals surface area contributed by atoms with E-state index in [-0.39, 0.29) is 11.8 Å². The molecule has 0 aliphatic carbocycles. The molecule has 0 aromatic heterocycles. The van der Waals surface area contributed by atoms with E-state index in [2.05, 4.69) is 10.6 Å². The van der Waals surface area contributed by atoms with Gasteiger partial charge in [-0.25, -0.2) is 0 Å². The van der Waals surface area contributed by atoms with E-state index >= 15 is 0 Å². The van der Waals surface area contributed by atoms with Crippen molar-refractivity contribution in [3.8, 4) is 0 Å². The maximum atomic E-state index is 12.9. The highest BCUT2D eigenvalue weighted by Gasteiger charge is 2.50. The molecule has 0 bridgehead atoms. The summed E-state index contributed by atoms with van der Waals surface area (Å²) in [5.41, 5.74) is 0. The molecule has 2 heterocycles. The predicted molar refractivity (Wildman–Crippen MR) is 103 cm³/mol. The van der Waals surface area contributed by atoms with Crippen LogP contribution in [0.15, 0.2) is 12.2 Å². The van der Waals surface area contributed by atoms with Crippen LogP contribution in [0.4, 0.5) is 0 Å². The molecular weight excluding hydrogens is 364 g/mol. The van der Waals surface area contributed by atoms with E-state index in [0.29, 0.717) is 13.0 Å². The molecule has 5 atom stereocenters. The van der Waals surface area contributed by atoms with Crippen molar-refractivity contribution in [2.45, 2.75) is 83.2 Å². The number of aliphatic hydroxyl groups excluding tert-OH is 1. The van der Waals surface area contributed by atoms with E-state index < -0.39 is 42.2 Å². The number of rotatable bonds is 7. The van der Waals surface area contributed by atoms with Crippen molar-refractivity contribution in [2.75, 3.05) is 13.7 Å². The van der Waals surface area contributed by atoms with Gasteiger partial charge in [0.25, 0.3) is 5.91 Å². The molecule has 0 unspecified atom stereocenters. The number of carbonyl (C=O) groups is 2. The Morgan fingerprint density at radius 1 is 1.29 bits per heavy atom. The van der Waals surface area contributed by atoms with Gasteiger partial charge in [0.15, 0.2) is 11.9 Å². The number of amides is 2. The first kappa shape index (κ1) is 22.8. The van der Waals surface area contributed by atoms with Gasteiger partial charge in [-0.15, -0.1) is 0 Å². The molecule has 0 aromatic rings. The topological polar surface area (TPSA) is 106 Å². The quantitative estimate of drug-likeness (QED) is 0.550. The number of aliphatic hydroxyl groups is 1. The highest BCUT2D eigenvalue weighted by Crippen LogP contribution is 2.33. The molecule has 0 spiro atoms. The van der Waals surface area contributed by atoms with Crippen LogP contribution in [0, 0.1) is 5.92 Å². The summed E-state index contributed by atoms with van der Waals surface area (Å²) in [5, 5.41) is 16.1. The second-order valence-electron chi connectivity index (χ2n) is 8.19. The van der Waals surface area contributed by atoms with Crippen LogP contribution in [0.5, 0.6) is 0 Å². The molecule has 160 valence electrons. The lowest BCUT2D eigenvalue weighted by molar-refractivity contribution is -0.165. The van der Waals surface area contributed by atoms with Gasteiger partial charge in [0.05, 0.1) is 0 Å². The Balaban J connectivity index is 2.14. The van der Waals surface area contributed by atoms with Gasteiger partial charge in [-0.1, -0.05) is 26.0 Å². The summed E-state index contributed by atoms with van der Waals surface area (Å²) in [4.78, 5) is 25.0. The average Bonchev–Trinajstić information content (AvgIpc) is 2.79. The number of allylic oxidation sites excluding steroid dienone is 1.